The molecule has 5 aromatic rings. The van der Waals surface area contributed by atoms with E-state index in [0.29, 0.717) is 43.4 Å². The number of nitrogens with one attached hydrogen (secondary N) is 2. The number of thiophene rings is 1. The minimum atomic E-state index is -0.677. The van der Waals surface area contributed by atoms with E-state index in [1.165, 1.54) is 40.6 Å². The molecule has 1 aromatic carbocycles. The van der Waals surface area contributed by atoms with Crippen LogP contribution in [-0.2, 0) is 5.41 Å². The number of thiazole rings is 1. The van der Waals surface area contributed by atoms with E-state index in [1.807, 2.05) is 71.8 Å². The van der Waals surface area contributed by atoms with Crippen LogP contribution >= 0.6 is 34.4 Å². The lowest BCUT2D eigenvalue weighted by molar-refractivity contribution is 0.0661. The van der Waals surface area contributed by atoms with Gasteiger partial charge in [-0.2, -0.15) is 0 Å². The summed E-state index contributed by atoms with van der Waals surface area (Å²) in [5, 5.41) is 8.67. The molecule has 224 valence electrons. The molecule has 8 nitrogen and oxygen atoms in total. The van der Waals surface area contributed by atoms with Crippen molar-refractivity contribution in [2.75, 3.05) is 25.0 Å². The molecule has 5 heterocycles. The second-order valence-electron chi connectivity index (χ2n) is 10.5. The van der Waals surface area contributed by atoms with Gasteiger partial charge in [-0.25, -0.2) is 19.3 Å². The number of hydrogen-bond acceptors (Lipinski definition) is 9. The number of anilines is 2. The van der Waals surface area contributed by atoms with Gasteiger partial charge in [-0.05, 0) is 60.5 Å². The molecule has 2 amide bonds. The van der Waals surface area contributed by atoms with Crippen molar-refractivity contribution in [2.24, 2.45) is 0 Å². The summed E-state index contributed by atoms with van der Waals surface area (Å²) in [7, 11) is 0. The van der Waals surface area contributed by atoms with E-state index in [2.05, 4.69) is 25.6 Å². The number of carbonyl (C=O) groups is 2. The van der Waals surface area contributed by atoms with Gasteiger partial charge in [0.25, 0.3) is 11.8 Å². The number of rotatable bonds is 9. The Kier molecular flexibility index (Phi) is 9.01. The van der Waals surface area contributed by atoms with Gasteiger partial charge < -0.3 is 15.5 Å². The number of aryl methyl sites for hydroxylation is 1. The molecule has 0 spiro atoms. The Balaban J connectivity index is 1.13. The molecule has 44 heavy (non-hydrogen) atoms. The number of benzene rings is 1. The van der Waals surface area contributed by atoms with Crippen LogP contribution in [-0.4, -0.2) is 51.3 Å². The van der Waals surface area contributed by atoms with Gasteiger partial charge in [0, 0.05) is 37.4 Å². The third-order valence-electron chi connectivity index (χ3n) is 7.63. The Morgan fingerprint density at radius 1 is 1.02 bits per heavy atom. The molecular formula is C32H29FN6O2S3. The fourth-order valence-corrected chi connectivity index (χ4v) is 7.79. The van der Waals surface area contributed by atoms with Crippen molar-refractivity contribution in [2.45, 2.75) is 34.3 Å². The molecule has 0 unspecified atom stereocenters. The van der Waals surface area contributed by atoms with Gasteiger partial charge in [0.15, 0.2) is 16.6 Å². The maximum Gasteiger partial charge on any atom is 0.273 e. The number of halogens is 1. The summed E-state index contributed by atoms with van der Waals surface area (Å²) in [4.78, 5) is 41.9. The average Bonchev–Trinajstić information content (AvgIpc) is 3.74. The van der Waals surface area contributed by atoms with Crippen molar-refractivity contribution in [3.05, 3.63) is 112 Å². The molecule has 4 aromatic heterocycles. The number of likely N-dealkylation sites (tertiary alicyclic amines) is 1. The zero-order valence-electron chi connectivity index (χ0n) is 23.8. The van der Waals surface area contributed by atoms with E-state index in [4.69, 9.17) is 0 Å². The Hall–Kier alpha value is -4.13. The number of hydrogen-bond donors (Lipinski definition) is 2. The average molecular weight is 645 g/mol. The first-order valence-corrected chi connectivity index (χ1v) is 16.6. The maximum absolute atomic E-state index is 15.6. The lowest BCUT2D eigenvalue weighted by Gasteiger charge is -2.42. The van der Waals surface area contributed by atoms with Crippen molar-refractivity contribution in [1.29, 1.82) is 0 Å². The van der Waals surface area contributed by atoms with Gasteiger partial charge in [0.05, 0.1) is 20.2 Å². The van der Waals surface area contributed by atoms with Gasteiger partial charge in [-0.15, -0.1) is 11.3 Å². The molecule has 2 N–H and O–H groups in total. The monoisotopic (exact) mass is 644 g/mol. The molecule has 0 saturated carbocycles. The van der Waals surface area contributed by atoms with Crippen molar-refractivity contribution in [3.8, 4) is 0 Å². The van der Waals surface area contributed by atoms with Crippen LogP contribution in [0.1, 0.15) is 44.1 Å². The normalized spacial score (nSPS) is 14.3. The van der Waals surface area contributed by atoms with Crippen LogP contribution in [0.2, 0.25) is 0 Å². The summed E-state index contributed by atoms with van der Waals surface area (Å²) in [6.45, 7) is 3.40. The van der Waals surface area contributed by atoms with Crippen LogP contribution in [0.25, 0.3) is 0 Å². The second-order valence-corrected chi connectivity index (χ2v) is 13.8. The first kappa shape index (κ1) is 29.9. The molecule has 6 rings (SSSR count). The van der Waals surface area contributed by atoms with Gasteiger partial charge >= 0.3 is 0 Å². The van der Waals surface area contributed by atoms with Crippen LogP contribution < -0.4 is 10.6 Å². The molecule has 0 radical (unpaired) electrons. The third-order valence-corrected chi connectivity index (χ3v) is 10.5. The Morgan fingerprint density at radius 2 is 1.82 bits per heavy atom. The summed E-state index contributed by atoms with van der Waals surface area (Å²) in [5.41, 5.74) is 1.50. The van der Waals surface area contributed by atoms with Crippen LogP contribution in [0.3, 0.4) is 0 Å². The van der Waals surface area contributed by atoms with E-state index >= 15 is 4.39 Å². The highest BCUT2D eigenvalue weighted by Gasteiger charge is 2.38. The number of amides is 2. The van der Waals surface area contributed by atoms with E-state index in [0.717, 1.165) is 20.2 Å². The van der Waals surface area contributed by atoms with Crippen molar-refractivity contribution >= 4 is 57.2 Å². The second kappa shape index (κ2) is 13.2. The number of nitrogens with zero attached hydrogens (tertiary/aromatic N) is 4. The zero-order valence-corrected chi connectivity index (χ0v) is 26.3. The molecule has 0 bridgehead atoms. The lowest BCUT2D eigenvalue weighted by atomic mass is 9.72. The van der Waals surface area contributed by atoms with Crippen LogP contribution in [0, 0.1) is 12.7 Å². The van der Waals surface area contributed by atoms with Crippen LogP contribution in [0.15, 0.2) is 93.7 Å². The van der Waals surface area contributed by atoms with Crippen molar-refractivity contribution in [3.63, 3.8) is 0 Å². The highest BCUT2D eigenvalue weighted by molar-refractivity contribution is 8.01. The first-order valence-electron chi connectivity index (χ1n) is 14.0. The molecule has 1 aliphatic rings. The van der Waals surface area contributed by atoms with Crippen LogP contribution in [0.4, 0.5) is 15.3 Å². The largest absolute Gasteiger partial charge is 0.350 e. The van der Waals surface area contributed by atoms with Gasteiger partial charge in [0.2, 0.25) is 0 Å². The number of pyridine rings is 2. The SMILES string of the molecule is Cc1ccnc(Nc2ncc(Sc3ccnc(C(=O)NCC4(c5ccccc5)CCN(C(=O)c5cccs5)CC4)c3F)s2)c1. The van der Waals surface area contributed by atoms with Gasteiger partial charge in [-0.1, -0.05) is 59.5 Å². The molecule has 1 aliphatic heterocycles. The maximum atomic E-state index is 15.6. The molecule has 0 atom stereocenters. The Labute approximate surface area is 266 Å². The van der Waals surface area contributed by atoms with Gasteiger partial charge in [-0.3, -0.25) is 9.59 Å². The van der Waals surface area contributed by atoms with E-state index < -0.39 is 17.1 Å². The molecule has 1 fully saturated rings. The summed E-state index contributed by atoms with van der Waals surface area (Å²) in [5.74, 6) is -0.544. The minimum absolute atomic E-state index is 0.0296. The Morgan fingerprint density at radius 3 is 2.57 bits per heavy atom. The summed E-state index contributed by atoms with van der Waals surface area (Å²) in [6.07, 6.45) is 6.16. The number of piperidine rings is 1. The minimum Gasteiger partial charge on any atom is -0.350 e. The first-order chi connectivity index (χ1) is 21.4. The fraction of sp³-hybridized carbons (Fsp3) is 0.219. The lowest BCUT2D eigenvalue weighted by Crippen LogP contribution is -2.50. The third kappa shape index (κ3) is 6.67. The van der Waals surface area contributed by atoms with E-state index in [-0.39, 0.29) is 16.5 Å². The highest BCUT2D eigenvalue weighted by atomic mass is 32.2. The molecule has 0 aliphatic carbocycles. The molecule has 1 saturated heterocycles. The summed E-state index contributed by atoms with van der Waals surface area (Å²) >= 11 is 3.99. The van der Waals surface area contributed by atoms with Crippen LogP contribution in [0.5, 0.6) is 0 Å². The highest BCUT2D eigenvalue weighted by Crippen LogP contribution is 2.38. The van der Waals surface area contributed by atoms with E-state index in [1.54, 1.807) is 18.5 Å². The predicted molar refractivity (Wildman–Crippen MR) is 173 cm³/mol. The smallest absolute Gasteiger partial charge is 0.273 e. The molecule has 12 heteroatoms. The van der Waals surface area contributed by atoms with E-state index in [9.17, 15) is 9.59 Å². The summed E-state index contributed by atoms with van der Waals surface area (Å²) in [6, 6.07) is 19.1. The predicted octanol–water partition coefficient (Wildman–Crippen LogP) is 6.94. The zero-order chi connectivity index (χ0) is 30.5. The van der Waals surface area contributed by atoms with Gasteiger partial charge in [0.1, 0.15) is 5.82 Å². The Bertz CT molecular complexity index is 1750. The van der Waals surface area contributed by atoms with Crippen molar-refractivity contribution < 1.29 is 14.0 Å². The topological polar surface area (TPSA) is 100 Å². The summed E-state index contributed by atoms with van der Waals surface area (Å²) < 4.78 is 16.4. The number of carbonyl (C=O) groups excluding carboxylic acids is 2. The number of aromatic nitrogens is 3. The molecular weight excluding hydrogens is 616 g/mol. The van der Waals surface area contributed by atoms with Crippen molar-refractivity contribution in [1.82, 2.24) is 25.2 Å². The fourth-order valence-electron chi connectivity index (χ4n) is 5.24. The quantitative estimate of drug-likeness (QED) is 0.179. The standard InChI is InChI=1S/C32H29FN6O2S3/c1-21-9-13-34-25(18-21)38-31-36-19-26(44-31)43-23-10-14-35-28(27(23)33)29(40)37-20-32(22-6-3-2-4-7-22)11-15-39(16-12-32)30(41)24-8-5-17-42-24/h2-10,13-14,17-19H,11-12,15-16,20H2,1H3,(H,37,40)(H,34,36,38).